The van der Waals surface area contributed by atoms with E-state index in [0.717, 1.165) is 0 Å². The molecule has 0 radical (unpaired) electrons. The highest BCUT2D eigenvalue weighted by atomic mass is 28.3. The van der Waals surface area contributed by atoms with Crippen LogP contribution in [-0.4, -0.2) is 14.5 Å². The molecule has 0 unspecified atom stereocenters. The van der Waals surface area contributed by atoms with Crippen LogP contribution in [0.15, 0.2) is 4.66 Å². The summed E-state index contributed by atoms with van der Waals surface area (Å²) in [6.07, 6.45) is 2.79. The molecule has 0 spiro atoms. The zero-order chi connectivity index (χ0) is 5.91. The molecule has 0 aliphatic rings. The van der Waals surface area contributed by atoms with Gasteiger partial charge in [-0.25, -0.2) is 0 Å². The van der Waals surface area contributed by atoms with Crippen molar-refractivity contribution in [3.63, 3.8) is 0 Å². The molecule has 0 rings (SSSR count). The highest BCUT2D eigenvalue weighted by Crippen LogP contribution is 1.98. The molecule has 0 fully saturated rings. The highest BCUT2D eigenvalue weighted by molar-refractivity contribution is 6.75. The Hall–Kier alpha value is -0.203. The first-order valence-corrected chi connectivity index (χ1v) is 5.89. The first-order chi connectivity index (χ1) is 3.06. The minimum absolute atomic E-state index is 1.14. The smallest absolute Gasteiger partial charge is 0.0962 e. The Labute approximate surface area is 46.6 Å². The molecule has 0 N–H and O–H groups in total. The van der Waals surface area contributed by atoms with Crippen molar-refractivity contribution in [2.75, 3.05) is 0 Å². The number of rotatable bonds is 1. The van der Waals surface area contributed by atoms with Gasteiger partial charge in [-0.15, -0.1) is 0 Å². The lowest BCUT2D eigenvalue weighted by molar-refractivity contribution is 1.57. The van der Waals surface area contributed by atoms with Gasteiger partial charge >= 0.3 is 6.21 Å². The van der Waals surface area contributed by atoms with Crippen molar-refractivity contribution in [2.45, 2.75) is 26.6 Å². The van der Waals surface area contributed by atoms with Crippen LogP contribution in [-0.2, 0) is 0 Å². The second-order valence-corrected chi connectivity index (χ2v) is 7.07. The molecule has 0 saturated heterocycles. The summed E-state index contributed by atoms with van der Waals surface area (Å²) >= 11 is 0. The van der Waals surface area contributed by atoms with E-state index in [4.69, 9.17) is 0 Å². The van der Waals surface area contributed by atoms with Gasteiger partial charge in [0.1, 0.15) is 0 Å². The first kappa shape index (κ1) is 6.80. The van der Waals surface area contributed by atoms with E-state index in [1.165, 1.54) is 0 Å². The van der Waals surface area contributed by atoms with Gasteiger partial charge in [-0.2, -0.15) is 0 Å². The summed E-state index contributed by atoms with van der Waals surface area (Å²) in [4.78, 5) is 0. The topological polar surface area (TPSA) is 12.4 Å². The normalized spacial score (nSPS) is 12.0. The Morgan fingerprint density at radius 1 is 1.29 bits per heavy atom. The Balaban J connectivity index is 3.56. The van der Waals surface area contributed by atoms with Gasteiger partial charge in [-0.05, 0) is 19.6 Å². The molecule has 0 aliphatic heterocycles. The van der Waals surface area contributed by atoms with E-state index >= 15 is 0 Å². The van der Waals surface area contributed by atoms with E-state index in [-0.39, 0.29) is 0 Å². The van der Waals surface area contributed by atoms with Crippen molar-refractivity contribution in [1.29, 1.82) is 0 Å². The van der Waals surface area contributed by atoms with Crippen LogP contribution in [0.5, 0.6) is 0 Å². The van der Waals surface area contributed by atoms with Gasteiger partial charge in [0.05, 0.1) is 0 Å². The van der Waals surface area contributed by atoms with Gasteiger partial charge < -0.3 is 0 Å². The third-order valence-electron chi connectivity index (χ3n) is 0.447. The summed E-state index contributed by atoms with van der Waals surface area (Å²) in [7, 11) is -1.14. The van der Waals surface area contributed by atoms with Gasteiger partial charge in [0.15, 0.2) is 6.92 Å². The molecule has 0 aliphatic carbocycles. The third kappa shape index (κ3) is 5.80. The average molecular weight is 114 g/mol. The summed E-state index contributed by atoms with van der Waals surface area (Å²) in [5, 5.41) is 0. The lowest BCUT2D eigenvalue weighted by Crippen LogP contribution is -2.15. The first-order valence-electron chi connectivity index (χ1n) is 2.45. The van der Waals surface area contributed by atoms with Crippen LogP contribution >= 0.6 is 0 Å². The van der Waals surface area contributed by atoms with Crippen LogP contribution in [0, 0.1) is 0 Å². The highest BCUT2D eigenvalue weighted by Gasteiger charge is 2.15. The van der Waals surface area contributed by atoms with Crippen LogP contribution in [0.3, 0.4) is 0 Å². The number of hydrogen-bond donors (Lipinski definition) is 0. The monoisotopic (exact) mass is 114 g/mol. The fraction of sp³-hybridized carbons (Fsp3) is 0.800. The van der Waals surface area contributed by atoms with E-state index in [1.807, 2.05) is 6.92 Å². The van der Waals surface area contributed by atoms with Crippen molar-refractivity contribution in [2.24, 2.45) is 4.66 Å². The SMILES string of the molecule is C[C+]=N[Si](C)(C)C. The standard InChI is InChI=1S/C5H12NSi/c1-5-6-7(2,3)4/h1-4H3/q+1. The lowest BCUT2D eigenvalue weighted by Gasteiger charge is -1.95. The molecule has 0 heterocycles. The quantitative estimate of drug-likeness (QED) is 0.280. The van der Waals surface area contributed by atoms with E-state index < -0.39 is 8.24 Å². The largest absolute Gasteiger partial charge is 0.342 e. The van der Waals surface area contributed by atoms with Crippen molar-refractivity contribution < 1.29 is 0 Å². The molecule has 0 aromatic rings. The molecular formula is C5H12NSi+. The Bertz CT molecular complexity index is 70.6. The molecule has 0 atom stereocenters. The molecule has 0 aromatic heterocycles. The average Bonchev–Trinajstić information content (AvgIpc) is 1.30. The van der Waals surface area contributed by atoms with Crippen molar-refractivity contribution in [3.05, 3.63) is 0 Å². The zero-order valence-electron chi connectivity index (χ0n) is 5.45. The summed E-state index contributed by atoms with van der Waals surface area (Å²) < 4.78 is 4.15. The molecule has 40 valence electrons. The number of nitrogens with zero attached hydrogens (tertiary/aromatic N) is 1. The van der Waals surface area contributed by atoms with Crippen LogP contribution in [0.1, 0.15) is 6.92 Å². The summed E-state index contributed by atoms with van der Waals surface area (Å²) in [5.74, 6) is 0. The molecular weight excluding hydrogens is 102 g/mol. The van der Waals surface area contributed by atoms with E-state index in [2.05, 4.69) is 30.5 Å². The van der Waals surface area contributed by atoms with Gasteiger partial charge in [0, 0.05) is 0 Å². The molecule has 7 heavy (non-hydrogen) atoms. The Morgan fingerprint density at radius 3 is 1.71 bits per heavy atom. The van der Waals surface area contributed by atoms with Gasteiger partial charge in [0.25, 0.3) is 0 Å². The molecule has 1 nitrogen and oxygen atoms in total. The predicted molar refractivity (Wildman–Crippen MR) is 36.5 cm³/mol. The zero-order valence-corrected chi connectivity index (χ0v) is 6.45. The summed E-state index contributed by atoms with van der Waals surface area (Å²) in [6, 6.07) is 0. The fourth-order valence-corrected chi connectivity index (χ4v) is 1.01. The minimum Gasteiger partial charge on any atom is -0.0962 e. The number of hydrogen-bond acceptors (Lipinski definition) is 1. The van der Waals surface area contributed by atoms with Crippen molar-refractivity contribution in [1.82, 2.24) is 0 Å². The minimum atomic E-state index is -1.14. The molecule has 0 aromatic carbocycles. The molecule has 0 saturated carbocycles. The van der Waals surface area contributed by atoms with E-state index in [1.54, 1.807) is 0 Å². The molecule has 0 bridgehead atoms. The van der Waals surface area contributed by atoms with Crippen LogP contribution in [0.25, 0.3) is 0 Å². The second kappa shape index (κ2) is 2.19. The van der Waals surface area contributed by atoms with E-state index in [0.29, 0.717) is 0 Å². The Morgan fingerprint density at radius 2 is 1.71 bits per heavy atom. The van der Waals surface area contributed by atoms with Crippen LogP contribution in [0.4, 0.5) is 0 Å². The van der Waals surface area contributed by atoms with Crippen molar-refractivity contribution in [3.8, 4) is 0 Å². The maximum absolute atomic E-state index is 4.15. The summed E-state index contributed by atoms with van der Waals surface area (Å²) in [5.41, 5.74) is 0. The van der Waals surface area contributed by atoms with Gasteiger partial charge in [-0.3, -0.25) is 0 Å². The maximum Gasteiger partial charge on any atom is 0.342 e. The van der Waals surface area contributed by atoms with E-state index in [9.17, 15) is 0 Å². The fourth-order valence-electron chi connectivity index (χ4n) is 0.335. The van der Waals surface area contributed by atoms with Crippen LogP contribution < -0.4 is 0 Å². The second-order valence-electron chi connectivity index (χ2n) is 2.51. The third-order valence-corrected chi connectivity index (χ3v) is 1.34. The molecule has 2 heteroatoms. The summed E-state index contributed by atoms with van der Waals surface area (Å²) in [6.45, 7) is 8.40. The van der Waals surface area contributed by atoms with Crippen molar-refractivity contribution >= 4 is 14.5 Å². The maximum atomic E-state index is 4.15. The van der Waals surface area contributed by atoms with Gasteiger partial charge in [0.2, 0.25) is 8.24 Å². The predicted octanol–water partition coefficient (Wildman–Crippen LogP) is 1.79. The van der Waals surface area contributed by atoms with Crippen LogP contribution in [0.2, 0.25) is 19.6 Å². The molecule has 0 amide bonds. The van der Waals surface area contributed by atoms with Gasteiger partial charge in [-0.1, -0.05) is 4.66 Å². The lowest BCUT2D eigenvalue weighted by atomic mass is 10.9. The Kier molecular flexibility index (Phi) is 2.13.